The summed E-state index contributed by atoms with van der Waals surface area (Å²) in [6.45, 7) is 6.06. The molecule has 0 bridgehead atoms. The van der Waals surface area contributed by atoms with Gasteiger partial charge in [-0.1, -0.05) is 29.8 Å². The molecule has 0 fully saturated rings. The zero-order valence-corrected chi connectivity index (χ0v) is 9.67. The molecule has 2 nitrogen and oxygen atoms in total. The van der Waals surface area contributed by atoms with Crippen LogP contribution in [0.4, 0.5) is 0 Å². The van der Waals surface area contributed by atoms with Crippen molar-refractivity contribution in [3.63, 3.8) is 0 Å². The average molecular weight is 241 g/mol. The summed E-state index contributed by atoms with van der Waals surface area (Å²) in [5.41, 5.74) is 2.19. The number of nitrogens with zero attached hydrogens (tertiary/aromatic N) is 2. The summed E-state index contributed by atoms with van der Waals surface area (Å²) in [7, 11) is 0. The first kappa shape index (κ1) is 10.3. The number of hydrogen-bond donors (Lipinski definition) is 0. The molecule has 13 heavy (non-hydrogen) atoms. The van der Waals surface area contributed by atoms with Crippen molar-refractivity contribution in [2.75, 3.05) is 0 Å². The highest BCUT2D eigenvalue weighted by Gasteiger charge is 1.97. The third-order valence-corrected chi connectivity index (χ3v) is 2.52. The summed E-state index contributed by atoms with van der Waals surface area (Å²) >= 11 is 3.45. The van der Waals surface area contributed by atoms with Crippen LogP contribution in [0.15, 0.2) is 29.1 Å². The number of halogens is 1. The van der Waals surface area contributed by atoms with Gasteiger partial charge in [0.15, 0.2) is 0 Å². The first-order valence-electron chi connectivity index (χ1n) is 4.36. The number of imidazole rings is 1. The van der Waals surface area contributed by atoms with Crippen LogP contribution in [0.3, 0.4) is 0 Å². The third kappa shape index (κ3) is 2.10. The summed E-state index contributed by atoms with van der Waals surface area (Å²) in [6.07, 6.45) is 5.78. The van der Waals surface area contributed by atoms with Crippen LogP contribution in [-0.4, -0.2) is 9.38 Å². The van der Waals surface area contributed by atoms with E-state index < -0.39 is 0 Å². The molecule has 3 heteroatoms. The Labute approximate surface area is 86.7 Å². The minimum atomic E-state index is 0.975. The standard InChI is InChI=1S/C8H7BrN2.C2H6/c1-6-5-11-3-2-10-8(11)4-7(6)9;1-2/h2-5H,1H3;1-2H3. The van der Waals surface area contributed by atoms with E-state index in [4.69, 9.17) is 0 Å². The van der Waals surface area contributed by atoms with Crippen molar-refractivity contribution in [3.8, 4) is 0 Å². The van der Waals surface area contributed by atoms with E-state index >= 15 is 0 Å². The maximum absolute atomic E-state index is 4.15. The quantitative estimate of drug-likeness (QED) is 0.690. The number of fused-ring (bicyclic) bond motifs is 1. The minimum absolute atomic E-state index is 0.975. The molecule has 2 aromatic heterocycles. The fourth-order valence-electron chi connectivity index (χ4n) is 1.04. The highest BCUT2D eigenvalue weighted by molar-refractivity contribution is 9.10. The molecule has 2 heterocycles. The highest BCUT2D eigenvalue weighted by atomic mass is 79.9. The lowest BCUT2D eigenvalue weighted by molar-refractivity contribution is 1.15. The summed E-state index contributed by atoms with van der Waals surface area (Å²) in [4.78, 5) is 4.15. The van der Waals surface area contributed by atoms with Crippen LogP contribution in [0, 0.1) is 6.92 Å². The number of aryl methyl sites for hydroxylation is 1. The second kappa shape index (κ2) is 4.42. The van der Waals surface area contributed by atoms with Crippen molar-refractivity contribution in [2.24, 2.45) is 0 Å². The van der Waals surface area contributed by atoms with E-state index in [2.05, 4.69) is 27.8 Å². The van der Waals surface area contributed by atoms with Gasteiger partial charge in [-0.25, -0.2) is 4.98 Å². The van der Waals surface area contributed by atoms with E-state index in [-0.39, 0.29) is 0 Å². The lowest BCUT2D eigenvalue weighted by atomic mass is 10.3. The summed E-state index contributed by atoms with van der Waals surface area (Å²) in [5.74, 6) is 0. The molecule has 0 N–H and O–H groups in total. The lowest BCUT2D eigenvalue weighted by Crippen LogP contribution is -1.85. The Morgan fingerprint density at radius 3 is 2.77 bits per heavy atom. The Bertz CT molecular complexity index is 357. The summed E-state index contributed by atoms with van der Waals surface area (Å²) < 4.78 is 3.11. The predicted molar refractivity (Wildman–Crippen MR) is 59.0 cm³/mol. The molecule has 2 aromatic rings. The van der Waals surface area contributed by atoms with E-state index in [9.17, 15) is 0 Å². The van der Waals surface area contributed by atoms with Crippen LogP contribution < -0.4 is 0 Å². The second-order valence-corrected chi connectivity index (χ2v) is 3.35. The van der Waals surface area contributed by atoms with E-state index in [1.165, 1.54) is 5.56 Å². The zero-order valence-electron chi connectivity index (χ0n) is 8.08. The molecule has 0 saturated heterocycles. The maximum Gasteiger partial charge on any atom is 0.137 e. The van der Waals surface area contributed by atoms with Gasteiger partial charge in [0.25, 0.3) is 0 Å². The molecule has 0 aliphatic carbocycles. The van der Waals surface area contributed by atoms with Gasteiger partial charge in [0.05, 0.1) is 0 Å². The smallest absolute Gasteiger partial charge is 0.137 e. The van der Waals surface area contributed by atoms with Crippen LogP contribution in [0.1, 0.15) is 19.4 Å². The number of pyridine rings is 1. The van der Waals surface area contributed by atoms with Crippen LogP contribution in [0.25, 0.3) is 5.65 Å². The van der Waals surface area contributed by atoms with Gasteiger partial charge >= 0.3 is 0 Å². The third-order valence-electron chi connectivity index (χ3n) is 1.66. The van der Waals surface area contributed by atoms with Gasteiger partial charge in [-0.2, -0.15) is 0 Å². The van der Waals surface area contributed by atoms with Crippen molar-refractivity contribution in [1.29, 1.82) is 0 Å². The van der Waals surface area contributed by atoms with Gasteiger partial charge in [-0.15, -0.1) is 0 Å². The van der Waals surface area contributed by atoms with E-state index in [1.807, 2.05) is 36.7 Å². The molecule has 0 amide bonds. The van der Waals surface area contributed by atoms with Gasteiger partial charge < -0.3 is 4.40 Å². The highest BCUT2D eigenvalue weighted by Crippen LogP contribution is 2.16. The predicted octanol–water partition coefficient (Wildman–Crippen LogP) is 3.43. The monoisotopic (exact) mass is 240 g/mol. The van der Waals surface area contributed by atoms with Gasteiger partial charge in [-0.05, 0) is 18.6 Å². The zero-order chi connectivity index (χ0) is 9.84. The average Bonchev–Trinajstić information content (AvgIpc) is 2.56. The van der Waals surface area contributed by atoms with Gasteiger partial charge in [-0.3, -0.25) is 0 Å². The van der Waals surface area contributed by atoms with Crippen LogP contribution in [0.5, 0.6) is 0 Å². The SMILES string of the molecule is CC.Cc1cn2ccnc2cc1Br. The lowest BCUT2D eigenvalue weighted by Gasteiger charge is -1.98. The molecule has 0 atom stereocenters. The van der Waals surface area contributed by atoms with Crippen molar-refractivity contribution in [1.82, 2.24) is 9.38 Å². The molecule has 0 unspecified atom stereocenters. The molecule has 0 spiro atoms. The van der Waals surface area contributed by atoms with Gasteiger partial charge in [0.1, 0.15) is 5.65 Å². The first-order valence-corrected chi connectivity index (χ1v) is 5.15. The van der Waals surface area contributed by atoms with Crippen molar-refractivity contribution < 1.29 is 0 Å². The molecule has 0 aliphatic heterocycles. The second-order valence-electron chi connectivity index (χ2n) is 2.50. The Hall–Kier alpha value is -0.830. The fraction of sp³-hybridized carbons (Fsp3) is 0.300. The van der Waals surface area contributed by atoms with Crippen molar-refractivity contribution in [3.05, 3.63) is 34.7 Å². The van der Waals surface area contributed by atoms with Crippen molar-refractivity contribution >= 4 is 21.6 Å². The van der Waals surface area contributed by atoms with E-state index in [0.717, 1.165) is 10.1 Å². The Kier molecular flexibility index (Phi) is 3.48. The minimum Gasteiger partial charge on any atom is -0.307 e. The van der Waals surface area contributed by atoms with Crippen LogP contribution in [-0.2, 0) is 0 Å². The molecule has 0 saturated carbocycles. The molecule has 0 radical (unpaired) electrons. The molecule has 70 valence electrons. The van der Waals surface area contributed by atoms with E-state index in [0.29, 0.717) is 0 Å². The normalized spacial score (nSPS) is 9.54. The largest absolute Gasteiger partial charge is 0.307 e. The van der Waals surface area contributed by atoms with Gasteiger partial charge in [0, 0.05) is 23.1 Å². The molecule has 2 rings (SSSR count). The van der Waals surface area contributed by atoms with Gasteiger partial charge in [0.2, 0.25) is 0 Å². The molecule has 0 aromatic carbocycles. The number of rotatable bonds is 0. The number of hydrogen-bond acceptors (Lipinski definition) is 1. The van der Waals surface area contributed by atoms with E-state index in [1.54, 1.807) is 6.20 Å². The first-order chi connectivity index (χ1) is 6.27. The van der Waals surface area contributed by atoms with Crippen molar-refractivity contribution in [2.45, 2.75) is 20.8 Å². The Balaban J connectivity index is 0.000000396. The fourth-order valence-corrected chi connectivity index (χ4v) is 1.35. The topological polar surface area (TPSA) is 17.3 Å². The molecule has 0 aliphatic rings. The maximum atomic E-state index is 4.15. The Morgan fingerprint density at radius 2 is 2.08 bits per heavy atom. The molecular weight excluding hydrogens is 228 g/mol. The summed E-state index contributed by atoms with van der Waals surface area (Å²) in [5, 5.41) is 0. The van der Waals surface area contributed by atoms with Crippen LogP contribution in [0.2, 0.25) is 0 Å². The number of aromatic nitrogens is 2. The molecular formula is C10H13BrN2. The van der Waals surface area contributed by atoms with Crippen LogP contribution >= 0.6 is 15.9 Å². The summed E-state index contributed by atoms with van der Waals surface area (Å²) in [6, 6.07) is 2.01. The Morgan fingerprint density at radius 1 is 1.38 bits per heavy atom.